The zero-order valence-electron chi connectivity index (χ0n) is 11.3. The SMILES string of the molecule is CC(CCCSc1ccccn1)(NC1CC1)C(N)=O. The number of carbonyl (C=O) groups excluding carboxylic acids is 1. The van der Waals surface area contributed by atoms with Gasteiger partial charge in [0.1, 0.15) is 0 Å². The molecule has 1 aliphatic carbocycles. The first-order valence-electron chi connectivity index (χ1n) is 6.71. The van der Waals surface area contributed by atoms with E-state index in [2.05, 4.69) is 10.3 Å². The lowest BCUT2D eigenvalue weighted by Crippen LogP contribution is -2.54. The van der Waals surface area contributed by atoms with E-state index in [0.29, 0.717) is 6.04 Å². The maximum atomic E-state index is 11.6. The highest BCUT2D eigenvalue weighted by Gasteiger charge is 2.36. The van der Waals surface area contributed by atoms with Crippen molar-refractivity contribution < 1.29 is 4.79 Å². The van der Waals surface area contributed by atoms with Gasteiger partial charge in [0.25, 0.3) is 0 Å². The van der Waals surface area contributed by atoms with E-state index in [9.17, 15) is 4.79 Å². The Balaban J connectivity index is 1.74. The molecule has 19 heavy (non-hydrogen) atoms. The van der Waals surface area contributed by atoms with Crippen molar-refractivity contribution >= 4 is 17.7 Å². The van der Waals surface area contributed by atoms with Crippen molar-refractivity contribution in [1.29, 1.82) is 0 Å². The Hall–Kier alpha value is -1.07. The predicted molar refractivity (Wildman–Crippen MR) is 78.0 cm³/mol. The molecule has 0 radical (unpaired) electrons. The van der Waals surface area contributed by atoms with Crippen LogP contribution in [-0.2, 0) is 4.79 Å². The van der Waals surface area contributed by atoms with Crippen LogP contribution in [0.5, 0.6) is 0 Å². The molecular formula is C14H21N3OS. The molecule has 1 heterocycles. The van der Waals surface area contributed by atoms with Gasteiger partial charge in [0.2, 0.25) is 5.91 Å². The minimum absolute atomic E-state index is 0.248. The second kappa shape index (κ2) is 6.39. The van der Waals surface area contributed by atoms with E-state index in [4.69, 9.17) is 5.73 Å². The third kappa shape index (κ3) is 4.51. The van der Waals surface area contributed by atoms with Crippen molar-refractivity contribution in [2.24, 2.45) is 5.73 Å². The molecule has 4 nitrogen and oxygen atoms in total. The number of carbonyl (C=O) groups is 1. The quantitative estimate of drug-likeness (QED) is 0.564. The van der Waals surface area contributed by atoms with Crippen LogP contribution in [0, 0.1) is 0 Å². The lowest BCUT2D eigenvalue weighted by molar-refractivity contribution is -0.124. The molecule has 0 aliphatic heterocycles. The van der Waals surface area contributed by atoms with Crippen LogP contribution >= 0.6 is 11.8 Å². The summed E-state index contributed by atoms with van der Waals surface area (Å²) >= 11 is 1.72. The molecule has 5 heteroatoms. The number of thioether (sulfide) groups is 1. The van der Waals surface area contributed by atoms with Gasteiger partial charge in [-0.2, -0.15) is 0 Å². The smallest absolute Gasteiger partial charge is 0.237 e. The van der Waals surface area contributed by atoms with Gasteiger partial charge in [0.05, 0.1) is 10.6 Å². The topological polar surface area (TPSA) is 68.0 Å². The van der Waals surface area contributed by atoms with E-state index in [0.717, 1.165) is 36.5 Å². The monoisotopic (exact) mass is 279 g/mol. The molecule has 104 valence electrons. The van der Waals surface area contributed by atoms with Gasteiger partial charge >= 0.3 is 0 Å². The summed E-state index contributed by atoms with van der Waals surface area (Å²) in [6.07, 6.45) is 5.83. The summed E-state index contributed by atoms with van der Waals surface area (Å²) in [6.45, 7) is 1.92. The van der Waals surface area contributed by atoms with Crippen LogP contribution in [0.15, 0.2) is 29.4 Å². The molecule has 0 saturated heterocycles. The highest BCUT2D eigenvalue weighted by atomic mass is 32.2. The number of hydrogen-bond donors (Lipinski definition) is 2. The molecule has 2 rings (SSSR count). The summed E-state index contributed by atoms with van der Waals surface area (Å²) in [4.78, 5) is 15.9. The number of amides is 1. The molecule has 0 spiro atoms. The first-order chi connectivity index (χ1) is 9.10. The average molecular weight is 279 g/mol. The molecule has 1 aromatic heterocycles. The van der Waals surface area contributed by atoms with Crippen molar-refractivity contribution in [1.82, 2.24) is 10.3 Å². The Morgan fingerprint density at radius 2 is 2.37 bits per heavy atom. The Kier molecular flexibility index (Phi) is 4.82. The summed E-state index contributed by atoms with van der Waals surface area (Å²) in [5, 5.41) is 4.39. The number of pyridine rings is 1. The van der Waals surface area contributed by atoms with Crippen LogP contribution in [-0.4, -0.2) is 28.2 Å². The van der Waals surface area contributed by atoms with E-state index >= 15 is 0 Å². The normalized spacial score (nSPS) is 17.9. The fourth-order valence-electron chi connectivity index (χ4n) is 1.98. The Morgan fingerprint density at radius 1 is 1.58 bits per heavy atom. The van der Waals surface area contributed by atoms with Gasteiger partial charge in [0, 0.05) is 12.2 Å². The third-order valence-corrected chi connectivity index (χ3v) is 4.38. The van der Waals surface area contributed by atoms with Gasteiger partial charge in [-0.15, -0.1) is 11.8 Å². The van der Waals surface area contributed by atoms with Gasteiger partial charge in [0.15, 0.2) is 0 Å². The van der Waals surface area contributed by atoms with E-state index < -0.39 is 5.54 Å². The minimum atomic E-state index is -0.564. The largest absolute Gasteiger partial charge is 0.368 e. The zero-order valence-corrected chi connectivity index (χ0v) is 12.1. The van der Waals surface area contributed by atoms with Crippen LogP contribution in [0.3, 0.4) is 0 Å². The van der Waals surface area contributed by atoms with Crippen molar-refractivity contribution in [3.8, 4) is 0 Å². The molecule has 0 aromatic carbocycles. The Bertz CT molecular complexity index is 422. The van der Waals surface area contributed by atoms with Gasteiger partial charge in [-0.25, -0.2) is 4.98 Å². The molecule has 3 N–H and O–H groups in total. The lowest BCUT2D eigenvalue weighted by Gasteiger charge is -2.27. The Morgan fingerprint density at radius 3 is 2.95 bits per heavy atom. The van der Waals surface area contributed by atoms with Crippen LogP contribution in [0.1, 0.15) is 32.6 Å². The van der Waals surface area contributed by atoms with Crippen molar-refractivity contribution in [3.63, 3.8) is 0 Å². The average Bonchev–Trinajstić information content (AvgIpc) is 3.19. The van der Waals surface area contributed by atoms with E-state index in [-0.39, 0.29) is 5.91 Å². The first kappa shape index (κ1) is 14.3. The maximum absolute atomic E-state index is 11.6. The number of nitrogens with zero attached hydrogens (tertiary/aromatic N) is 1. The lowest BCUT2D eigenvalue weighted by atomic mass is 9.95. The summed E-state index contributed by atoms with van der Waals surface area (Å²) in [6, 6.07) is 6.38. The number of primary amides is 1. The number of nitrogens with two attached hydrogens (primary N) is 1. The molecule has 1 unspecified atom stereocenters. The van der Waals surface area contributed by atoms with E-state index in [1.165, 1.54) is 0 Å². The van der Waals surface area contributed by atoms with E-state index in [1.807, 2.05) is 25.1 Å². The molecule has 1 atom stereocenters. The van der Waals surface area contributed by atoms with Crippen molar-refractivity contribution in [2.45, 2.75) is 49.2 Å². The predicted octanol–water partition coefficient (Wildman–Crippen LogP) is 1.95. The maximum Gasteiger partial charge on any atom is 0.237 e. The molecule has 1 fully saturated rings. The molecular weight excluding hydrogens is 258 g/mol. The summed E-state index contributed by atoms with van der Waals surface area (Å²) in [5.74, 6) is 0.703. The fraction of sp³-hybridized carbons (Fsp3) is 0.571. The van der Waals surface area contributed by atoms with Gasteiger partial charge in [-0.05, 0) is 50.5 Å². The highest BCUT2D eigenvalue weighted by Crippen LogP contribution is 2.25. The molecule has 1 aromatic rings. The van der Waals surface area contributed by atoms with E-state index in [1.54, 1.807) is 18.0 Å². The number of rotatable bonds is 8. The number of hydrogen-bond acceptors (Lipinski definition) is 4. The highest BCUT2D eigenvalue weighted by molar-refractivity contribution is 7.99. The zero-order chi connectivity index (χ0) is 13.7. The molecule has 1 aliphatic rings. The summed E-state index contributed by atoms with van der Waals surface area (Å²) in [7, 11) is 0. The number of aromatic nitrogens is 1. The summed E-state index contributed by atoms with van der Waals surface area (Å²) in [5.41, 5.74) is 4.96. The molecule has 1 saturated carbocycles. The Labute approximate surface area is 118 Å². The van der Waals surface area contributed by atoms with Crippen LogP contribution in [0.4, 0.5) is 0 Å². The second-order valence-electron chi connectivity index (χ2n) is 5.23. The minimum Gasteiger partial charge on any atom is -0.368 e. The van der Waals surface area contributed by atoms with Crippen LogP contribution < -0.4 is 11.1 Å². The number of nitrogens with one attached hydrogen (secondary N) is 1. The first-order valence-corrected chi connectivity index (χ1v) is 7.70. The second-order valence-corrected chi connectivity index (χ2v) is 6.35. The van der Waals surface area contributed by atoms with Crippen molar-refractivity contribution in [2.75, 3.05) is 5.75 Å². The standard InChI is InChI=1S/C14H21N3OS/c1-14(13(15)18,17-11-6-7-11)8-4-10-19-12-5-2-3-9-16-12/h2-3,5,9,11,17H,4,6-8,10H2,1H3,(H2,15,18). The molecule has 0 bridgehead atoms. The van der Waals surface area contributed by atoms with Gasteiger partial charge in [-0.3, -0.25) is 4.79 Å². The summed E-state index contributed by atoms with van der Waals surface area (Å²) < 4.78 is 0. The van der Waals surface area contributed by atoms with Crippen LogP contribution in [0.2, 0.25) is 0 Å². The third-order valence-electron chi connectivity index (χ3n) is 3.35. The van der Waals surface area contributed by atoms with Gasteiger partial charge in [-0.1, -0.05) is 6.07 Å². The van der Waals surface area contributed by atoms with Gasteiger partial charge < -0.3 is 11.1 Å². The fourth-order valence-corrected chi connectivity index (χ4v) is 2.79. The molecule has 1 amide bonds. The van der Waals surface area contributed by atoms with Crippen LogP contribution in [0.25, 0.3) is 0 Å². The van der Waals surface area contributed by atoms with Crippen molar-refractivity contribution in [3.05, 3.63) is 24.4 Å².